The number of halogens is 3. The molecule has 106 valence electrons. The van der Waals surface area contributed by atoms with Crippen molar-refractivity contribution < 1.29 is 19.0 Å². The van der Waals surface area contributed by atoms with Gasteiger partial charge in [-0.25, -0.2) is 13.6 Å². The average Bonchev–Trinajstić information content (AvgIpc) is 2.53. The number of hydrogen-bond donors (Lipinski definition) is 3. The summed E-state index contributed by atoms with van der Waals surface area (Å²) in [6.07, 6.45) is -0.728. The van der Waals surface area contributed by atoms with E-state index in [1.807, 2.05) is 4.98 Å². The largest absolute Gasteiger partial charge is 0.396 e. The fourth-order valence-electron chi connectivity index (χ4n) is 2.29. The SMILES string of the molecule is O=c1[nH]c(=O)n(C2CC(O)C(CO)C2(F)F)cc1I. The van der Waals surface area contributed by atoms with Gasteiger partial charge in [0, 0.05) is 12.6 Å². The van der Waals surface area contributed by atoms with Crippen LogP contribution in [0.4, 0.5) is 8.78 Å². The van der Waals surface area contributed by atoms with Crippen LogP contribution < -0.4 is 11.2 Å². The van der Waals surface area contributed by atoms with Crippen molar-refractivity contribution in [3.8, 4) is 0 Å². The second kappa shape index (κ2) is 4.94. The van der Waals surface area contributed by atoms with Crippen molar-refractivity contribution in [1.82, 2.24) is 9.55 Å². The number of nitrogens with one attached hydrogen (secondary N) is 1. The van der Waals surface area contributed by atoms with Crippen LogP contribution in [0, 0.1) is 9.49 Å². The quantitative estimate of drug-likeness (QED) is 0.606. The Hall–Kier alpha value is -0.810. The zero-order valence-electron chi connectivity index (χ0n) is 9.52. The Bertz CT molecular complexity index is 600. The van der Waals surface area contributed by atoms with Gasteiger partial charge in [0.2, 0.25) is 0 Å². The van der Waals surface area contributed by atoms with Crippen molar-refractivity contribution in [1.29, 1.82) is 0 Å². The Balaban J connectivity index is 2.52. The van der Waals surface area contributed by atoms with Gasteiger partial charge in [0.05, 0.1) is 22.2 Å². The van der Waals surface area contributed by atoms with Gasteiger partial charge in [-0.1, -0.05) is 0 Å². The summed E-state index contributed by atoms with van der Waals surface area (Å²) in [7, 11) is 0. The highest BCUT2D eigenvalue weighted by Crippen LogP contribution is 2.47. The summed E-state index contributed by atoms with van der Waals surface area (Å²) in [6.45, 7) is -0.875. The van der Waals surface area contributed by atoms with Crippen LogP contribution in [0.3, 0.4) is 0 Å². The number of aromatic amines is 1. The van der Waals surface area contributed by atoms with Gasteiger partial charge < -0.3 is 10.2 Å². The number of H-pyrrole nitrogens is 1. The Labute approximate surface area is 119 Å². The monoisotopic (exact) mass is 388 g/mol. The maximum Gasteiger partial charge on any atom is 0.328 e. The van der Waals surface area contributed by atoms with E-state index in [1.54, 1.807) is 22.6 Å². The molecule has 0 amide bonds. The minimum atomic E-state index is -3.43. The lowest BCUT2D eigenvalue weighted by Gasteiger charge is -2.24. The van der Waals surface area contributed by atoms with Crippen molar-refractivity contribution >= 4 is 22.6 Å². The smallest absolute Gasteiger partial charge is 0.328 e. The zero-order chi connectivity index (χ0) is 14.4. The molecule has 1 aromatic rings. The summed E-state index contributed by atoms with van der Waals surface area (Å²) in [5, 5.41) is 18.5. The minimum absolute atomic E-state index is 0.0925. The highest BCUT2D eigenvalue weighted by molar-refractivity contribution is 14.1. The summed E-state index contributed by atoms with van der Waals surface area (Å²) in [5.41, 5.74) is -1.61. The number of aliphatic hydroxyl groups is 2. The summed E-state index contributed by atoms with van der Waals surface area (Å²) in [4.78, 5) is 24.7. The van der Waals surface area contributed by atoms with Gasteiger partial charge in [-0.3, -0.25) is 14.3 Å². The van der Waals surface area contributed by atoms with Crippen molar-refractivity contribution in [2.45, 2.75) is 24.5 Å². The fraction of sp³-hybridized carbons (Fsp3) is 0.600. The first kappa shape index (κ1) is 14.6. The lowest BCUT2D eigenvalue weighted by Crippen LogP contribution is -2.41. The van der Waals surface area contributed by atoms with Crippen molar-refractivity contribution in [2.24, 2.45) is 5.92 Å². The van der Waals surface area contributed by atoms with E-state index in [2.05, 4.69) is 0 Å². The molecule has 1 saturated carbocycles. The van der Waals surface area contributed by atoms with Crippen LogP contribution in [0.25, 0.3) is 0 Å². The molecule has 0 bridgehead atoms. The molecule has 9 heteroatoms. The first-order valence-electron chi connectivity index (χ1n) is 5.46. The van der Waals surface area contributed by atoms with Crippen LogP contribution in [-0.2, 0) is 0 Å². The van der Waals surface area contributed by atoms with E-state index in [0.29, 0.717) is 4.57 Å². The van der Waals surface area contributed by atoms with Crippen LogP contribution in [0.15, 0.2) is 15.8 Å². The molecule has 1 aliphatic rings. The first-order chi connectivity index (χ1) is 8.78. The number of aliphatic hydroxyl groups excluding tert-OH is 2. The second-order valence-corrected chi connectivity index (χ2v) is 5.59. The van der Waals surface area contributed by atoms with Gasteiger partial charge in [-0.15, -0.1) is 0 Å². The van der Waals surface area contributed by atoms with Crippen molar-refractivity contribution in [3.63, 3.8) is 0 Å². The van der Waals surface area contributed by atoms with Gasteiger partial charge >= 0.3 is 5.69 Å². The number of rotatable bonds is 2. The molecule has 19 heavy (non-hydrogen) atoms. The zero-order valence-corrected chi connectivity index (χ0v) is 11.7. The fourth-order valence-corrected chi connectivity index (χ4v) is 2.72. The lowest BCUT2D eigenvalue weighted by molar-refractivity contribution is -0.101. The molecule has 3 atom stereocenters. The topological polar surface area (TPSA) is 95.3 Å². The molecule has 3 unspecified atom stereocenters. The standard InChI is InChI=1S/C10H11F2IN2O4/c11-10(12)4(3-16)6(17)1-7(10)15-2-5(13)8(18)14-9(15)19/h2,4,6-7,16-17H,1,3H2,(H,14,18,19). The van der Waals surface area contributed by atoms with Gasteiger partial charge in [0.25, 0.3) is 11.5 Å². The molecule has 0 radical (unpaired) electrons. The maximum atomic E-state index is 14.0. The van der Waals surface area contributed by atoms with Crippen LogP contribution >= 0.6 is 22.6 Å². The molecule has 2 rings (SSSR count). The van der Waals surface area contributed by atoms with Gasteiger partial charge in [0.15, 0.2) is 0 Å². The van der Waals surface area contributed by atoms with E-state index >= 15 is 0 Å². The van der Waals surface area contributed by atoms with Crippen LogP contribution in [0.2, 0.25) is 0 Å². The predicted molar refractivity (Wildman–Crippen MR) is 69.2 cm³/mol. The number of aromatic nitrogens is 2. The Morgan fingerprint density at radius 2 is 2.16 bits per heavy atom. The van der Waals surface area contributed by atoms with E-state index in [0.717, 1.165) is 6.20 Å². The van der Waals surface area contributed by atoms with E-state index in [4.69, 9.17) is 5.11 Å². The molecule has 1 heterocycles. The summed E-state index contributed by atoms with van der Waals surface area (Å²) >= 11 is 1.62. The maximum absolute atomic E-state index is 14.0. The highest BCUT2D eigenvalue weighted by atomic mass is 127. The first-order valence-corrected chi connectivity index (χ1v) is 6.54. The Morgan fingerprint density at radius 3 is 2.68 bits per heavy atom. The molecule has 1 aromatic heterocycles. The molecular formula is C10H11F2IN2O4. The molecule has 0 saturated heterocycles. The van der Waals surface area contributed by atoms with E-state index < -0.39 is 41.8 Å². The normalized spacial score (nSPS) is 29.6. The van der Waals surface area contributed by atoms with Gasteiger partial charge in [0.1, 0.15) is 6.04 Å². The van der Waals surface area contributed by atoms with Crippen LogP contribution in [0.5, 0.6) is 0 Å². The summed E-state index contributed by atoms with van der Waals surface area (Å²) in [6, 6.07) is -1.59. The Morgan fingerprint density at radius 1 is 1.53 bits per heavy atom. The lowest BCUT2D eigenvalue weighted by atomic mass is 10.0. The third-order valence-corrected chi connectivity index (χ3v) is 4.09. The van der Waals surface area contributed by atoms with Crippen molar-refractivity contribution in [3.05, 3.63) is 30.6 Å². The Kier molecular flexibility index (Phi) is 3.80. The molecule has 1 fully saturated rings. The van der Waals surface area contributed by atoms with E-state index in [1.165, 1.54) is 0 Å². The van der Waals surface area contributed by atoms with Crippen LogP contribution in [-0.4, -0.2) is 38.4 Å². The van der Waals surface area contributed by atoms with Crippen molar-refractivity contribution in [2.75, 3.05) is 6.61 Å². The molecule has 6 nitrogen and oxygen atoms in total. The number of nitrogens with zero attached hydrogens (tertiary/aromatic N) is 1. The molecule has 0 aliphatic heterocycles. The molecule has 3 N–H and O–H groups in total. The number of hydrogen-bond acceptors (Lipinski definition) is 4. The van der Waals surface area contributed by atoms with E-state index in [-0.39, 0.29) is 9.99 Å². The summed E-state index contributed by atoms with van der Waals surface area (Å²) in [5.74, 6) is -5.05. The minimum Gasteiger partial charge on any atom is -0.396 e. The van der Waals surface area contributed by atoms with Gasteiger partial charge in [-0.2, -0.15) is 0 Å². The molecule has 0 aromatic carbocycles. The average molecular weight is 388 g/mol. The third-order valence-electron chi connectivity index (χ3n) is 3.32. The van der Waals surface area contributed by atoms with E-state index in [9.17, 15) is 23.5 Å². The number of alkyl halides is 2. The second-order valence-electron chi connectivity index (χ2n) is 4.43. The summed E-state index contributed by atoms with van der Waals surface area (Å²) < 4.78 is 28.9. The molecule has 0 spiro atoms. The van der Waals surface area contributed by atoms with Crippen LogP contribution in [0.1, 0.15) is 12.5 Å². The third kappa shape index (κ3) is 2.34. The molecule has 1 aliphatic carbocycles. The molecular weight excluding hydrogens is 377 g/mol. The van der Waals surface area contributed by atoms with Gasteiger partial charge in [-0.05, 0) is 22.6 Å². The predicted octanol–water partition coefficient (Wildman–Crippen LogP) is -0.309. The highest BCUT2D eigenvalue weighted by Gasteiger charge is 2.57.